The summed E-state index contributed by atoms with van der Waals surface area (Å²) in [6.45, 7) is 6.82. The van der Waals surface area contributed by atoms with Gasteiger partial charge in [0.25, 0.3) is 0 Å². The van der Waals surface area contributed by atoms with Crippen molar-refractivity contribution in [1.29, 1.82) is 0 Å². The average Bonchev–Trinajstić information content (AvgIpc) is 3.25. The van der Waals surface area contributed by atoms with Crippen LogP contribution in [0.1, 0.15) is 144 Å². The van der Waals surface area contributed by atoms with Gasteiger partial charge in [0.2, 0.25) is 0 Å². The van der Waals surface area contributed by atoms with E-state index in [0.29, 0.717) is 30.4 Å². The molecule has 2 aromatic carbocycles. The lowest BCUT2D eigenvalue weighted by molar-refractivity contribution is -0.137. The second-order valence-electron chi connectivity index (χ2n) is 15.6. The van der Waals surface area contributed by atoms with Crippen LogP contribution in [0, 0.1) is 29.6 Å². The minimum Gasteiger partial charge on any atom is -0.497 e. The Bertz CT molecular complexity index is 1360. The van der Waals surface area contributed by atoms with Crippen molar-refractivity contribution in [3.63, 3.8) is 0 Å². The predicted molar refractivity (Wildman–Crippen MR) is 219 cm³/mol. The van der Waals surface area contributed by atoms with Crippen molar-refractivity contribution >= 4 is 24.8 Å². The van der Waals surface area contributed by atoms with Crippen LogP contribution in [0.25, 0.3) is 0 Å². The molecule has 3 fully saturated rings. The number of methoxy groups -OCH3 is 2. The van der Waals surface area contributed by atoms with Crippen LogP contribution < -0.4 is 14.2 Å². The van der Waals surface area contributed by atoms with E-state index in [-0.39, 0.29) is 17.8 Å². The van der Waals surface area contributed by atoms with E-state index in [9.17, 15) is 19.2 Å². The highest BCUT2D eigenvalue weighted by Gasteiger charge is 2.31. The van der Waals surface area contributed by atoms with E-state index < -0.39 is 0 Å². The topological polar surface area (TPSA) is 105 Å². The zero-order valence-corrected chi connectivity index (χ0v) is 33.9. The lowest BCUT2D eigenvalue weighted by Crippen LogP contribution is -2.25. The highest BCUT2D eigenvalue weighted by Crippen LogP contribution is 2.44. The molecule has 0 heterocycles. The van der Waals surface area contributed by atoms with Crippen molar-refractivity contribution in [3.8, 4) is 17.2 Å². The number of benzene rings is 2. The first-order valence-electron chi connectivity index (χ1n) is 21.0. The maximum atomic E-state index is 11.3. The molecule has 3 saturated carbocycles. The van der Waals surface area contributed by atoms with Crippen LogP contribution in [0.15, 0.2) is 55.1 Å². The summed E-state index contributed by atoms with van der Waals surface area (Å²) >= 11 is 0. The van der Waals surface area contributed by atoms with Crippen molar-refractivity contribution < 1.29 is 38.1 Å². The molecule has 0 saturated heterocycles. The minimum atomic E-state index is -0.354. The molecule has 0 radical (unpaired) electrons. The molecule has 2 aromatic rings. The Morgan fingerprint density at radius 2 is 1.25 bits per heavy atom. The van der Waals surface area contributed by atoms with Gasteiger partial charge in [-0.2, -0.15) is 0 Å². The Hall–Kier alpha value is -3.94. The molecule has 0 bridgehead atoms. The van der Waals surface area contributed by atoms with E-state index in [1.165, 1.54) is 75.8 Å². The molecule has 8 heteroatoms. The molecule has 3 aliphatic carbocycles. The summed E-state index contributed by atoms with van der Waals surface area (Å²) in [5, 5.41) is 0. The number of esters is 1. The van der Waals surface area contributed by atoms with Crippen molar-refractivity contribution in [3.05, 3.63) is 66.2 Å². The molecule has 0 amide bonds. The number of hydrogen-bond donors (Lipinski definition) is 0. The maximum Gasteiger partial charge on any atom is 0.330 e. The second-order valence-corrected chi connectivity index (χ2v) is 15.6. The third-order valence-corrected chi connectivity index (χ3v) is 11.9. The molecule has 5 rings (SSSR count). The minimum absolute atomic E-state index is 0.233. The molecule has 0 N–H and O–H groups in total. The maximum absolute atomic E-state index is 11.3. The first-order valence-corrected chi connectivity index (χ1v) is 21.0. The lowest BCUT2D eigenvalue weighted by atomic mass is 9.68. The fraction of sp³-hybridized carbons (Fsp3) is 0.617. The van der Waals surface area contributed by atoms with Gasteiger partial charge >= 0.3 is 5.97 Å². The normalized spacial score (nSPS) is 23.3. The predicted octanol–water partition coefficient (Wildman–Crippen LogP) is 10.9. The van der Waals surface area contributed by atoms with Crippen LogP contribution in [-0.2, 0) is 19.1 Å². The fourth-order valence-corrected chi connectivity index (χ4v) is 8.45. The smallest absolute Gasteiger partial charge is 0.330 e. The van der Waals surface area contributed by atoms with Crippen LogP contribution in [0.2, 0.25) is 0 Å². The van der Waals surface area contributed by atoms with Gasteiger partial charge in [0, 0.05) is 17.9 Å². The highest BCUT2D eigenvalue weighted by atomic mass is 16.5. The number of carbonyl (C=O) groups excluding carboxylic acids is 4. The van der Waals surface area contributed by atoms with Crippen LogP contribution >= 0.6 is 0 Å². The van der Waals surface area contributed by atoms with Crippen molar-refractivity contribution in [2.45, 2.75) is 128 Å². The lowest BCUT2D eigenvalue weighted by Gasteiger charge is -2.38. The largest absolute Gasteiger partial charge is 0.497 e. The summed E-state index contributed by atoms with van der Waals surface area (Å²) in [4.78, 5) is 42.6. The van der Waals surface area contributed by atoms with E-state index >= 15 is 0 Å². The zero-order valence-electron chi connectivity index (χ0n) is 33.9. The van der Waals surface area contributed by atoms with E-state index in [0.717, 1.165) is 99.5 Å². The SMILES string of the molecule is C=CC(=O)OCCCCCCOc1ccc(OC)cc1.CCCC1CCC(C2CCC(c3ccc(OC)c(C=O)c3)CC2)CC1.O=CC1CCC(C=O)CC1. The number of hydrogen-bond acceptors (Lipinski definition) is 8. The van der Waals surface area contributed by atoms with Crippen LogP contribution in [0.3, 0.4) is 0 Å². The molecule has 0 aliphatic heterocycles. The standard InChI is InChI=1S/C23H34O2.C16H22O4.C8H12O2/c1-3-4-17-5-7-18(8-6-17)19-9-11-20(12-10-19)21-13-14-23(25-2)22(15-21)16-24;1-3-16(17)20-13-7-5-4-6-12-19-15-10-8-14(18-2)9-11-15;9-5-7-1-2-8(6-10)4-3-7/h13-20H,3-12H2,1-2H3;3,8-11H,1,4-7,12-13H2,2H3;5-8H,1-4H2. The molecule has 3 aliphatic rings. The molecule has 0 unspecified atom stereocenters. The Labute approximate surface area is 331 Å². The Balaban J connectivity index is 0.000000241. The van der Waals surface area contributed by atoms with Gasteiger partial charge in [-0.05, 0) is 156 Å². The average molecular weight is 761 g/mol. The van der Waals surface area contributed by atoms with E-state index in [4.69, 9.17) is 18.9 Å². The molecule has 0 aromatic heterocycles. The number of rotatable bonds is 18. The third-order valence-electron chi connectivity index (χ3n) is 11.9. The van der Waals surface area contributed by atoms with E-state index in [1.807, 2.05) is 36.4 Å². The van der Waals surface area contributed by atoms with E-state index in [2.05, 4.69) is 19.6 Å². The van der Waals surface area contributed by atoms with Crippen molar-refractivity contribution in [2.24, 2.45) is 29.6 Å². The monoisotopic (exact) mass is 760 g/mol. The number of aldehydes is 3. The molecular weight excluding hydrogens is 693 g/mol. The van der Waals surface area contributed by atoms with Crippen LogP contribution in [-0.4, -0.2) is 52.3 Å². The summed E-state index contributed by atoms with van der Waals surface area (Å²) in [5.41, 5.74) is 2.02. The Morgan fingerprint density at radius 1 is 0.691 bits per heavy atom. The van der Waals surface area contributed by atoms with Crippen LogP contribution in [0.5, 0.6) is 17.2 Å². The number of carbonyl (C=O) groups is 4. The summed E-state index contributed by atoms with van der Waals surface area (Å²) in [6, 6.07) is 13.7. The highest BCUT2D eigenvalue weighted by molar-refractivity contribution is 5.81. The van der Waals surface area contributed by atoms with Gasteiger partial charge in [-0.25, -0.2) is 4.79 Å². The van der Waals surface area contributed by atoms with E-state index in [1.54, 1.807) is 14.2 Å². The van der Waals surface area contributed by atoms with Gasteiger partial charge in [0.05, 0.1) is 33.0 Å². The van der Waals surface area contributed by atoms with Gasteiger partial charge in [-0.1, -0.05) is 45.3 Å². The van der Waals surface area contributed by atoms with Crippen molar-refractivity contribution in [1.82, 2.24) is 0 Å². The molecule has 0 atom stereocenters. The number of ether oxygens (including phenoxy) is 4. The zero-order chi connectivity index (χ0) is 39.7. The van der Waals surface area contributed by atoms with Gasteiger partial charge in [0.1, 0.15) is 29.8 Å². The van der Waals surface area contributed by atoms with Gasteiger partial charge in [-0.15, -0.1) is 0 Å². The van der Waals surface area contributed by atoms with Gasteiger partial charge < -0.3 is 28.5 Å². The Morgan fingerprint density at radius 3 is 1.76 bits per heavy atom. The summed E-state index contributed by atoms with van der Waals surface area (Å²) < 4.78 is 20.8. The fourth-order valence-electron chi connectivity index (χ4n) is 8.45. The summed E-state index contributed by atoms with van der Waals surface area (Å²) in [6.07, 6.45) is 25.7. The van der Waals surface area contributed by atoms with Crippen LogP contribution in [0.4, 0.5) is 0 Å². The molecule has 8 nitrogen and oxygen atoms in total. The van der Waals surface area contributed by atoms with Gasteiger partial charge in [-0.3, -0.25) is 4.79 Å². The Kier molecular flexibility index (Phi) is 22.1. The van der Waals surface area contributed by atoms with Crippen molar-refractivity contribution in [2.75, 3.05) is 27.4 Å². The quantitative estimate of drug-likeness (QED) is 0.0640. The summed E-state index contributed by atoms with van der Waals surface area (Å²) in [7, 11) is 3.27. The summed E-state index contributed by atoms with van der Waals surface area (Å²) in [5.74, 6) is 6.04. The van der Waals surface area contributed by atoms with Gasteiger partial charge in [0.15, 0.2) is 6.29 Å². The first-order chi connectivity index (χ1) is 26.9. The molecule has 55 heavy (non-hydrogen) atoms. The second kappa shape index (κ2) is 26.8. The first kappa shape index (κ1) is 45.4. The molecule has 0 spiro atoms. The molecule has 304 valence electrons. The number of unbranched alkanes of at least 4 members (excludes halogenated alkanes) is 3. The molecular formula is C47H68O8. The third kappa shape index (κ3) is 16.8.